The van der Waals surface area contributed by atoms with Crippen LogP contribution in [0.4, 0.5) is 0 Å². The number of benzene rings is 1. The molecule has 1 aromatic heterocycles. The fraction of sp³-hybridized carbons (Fsp3) is 0.286. The lowest BCUT2D eigenvalue weighted by Gasteiger charge is -2.12. The molecule has 1 aromatic carbocycles. The molecule has 0 aliphatic carbocycles. The van der Waals surface area contributed by atoms with Gasteiger partial charge >= 0.3 is 0 Å². The summed E-state index contributed by atoms with van der Waals surface area (Å²) in [6.07, 6.45) is 0. The molecule has 0 bridgehead atoms. The van der Waals surface area contributed by atoms with Gasteiger partial charge in [0, 0.05) is 9.75 Å². The van der Waals surface area contributed by atoms with Gasteiger partial charge in [0.05, 0.1) is 13.2 Å². The van der Waals surface area contributed by atoms with E-state index in [1.165, 1.54) is 15.3 Å². The monoisotopic (exact) mass is 247 g/mol. The molecule has 2 aromatic rings. The van der Waals surface area contributed by atoms with Gasteiger partial charge in [0.1, 0.15) is 5.75 Å². The van der Waals surface area contributed by atoms with Crippen LogP contribution in [0, 0.1) is 13.8 Å². The number of ether oxygens (including phenoxy) is 1. The van der Waals surface area contributed by atoms with Crippen molar-refractivity contribution in [2.75, 3.05) is 7.11 Å². The Kier molecular flexibility index (Phi) is 3.50. The number of thiophene rings is 1. The van der Waals surface area contributed by atoms with Gasteiger partial charge in [0.15, 0.2) is 0 Å². The quantitative estimate of drug-likeness (QED) is 0.902. The van der Waals surface area contributed by atoms with Crippen molar-refractivity contribution in [1.82, 2.24) is 0 Å². The van der Waals surface area contributed by atoms with Gasteiger partial charge in [-0.1, -0.05) is 12.1 Å². The molecule has 2 nitrogen and oxygen atoms in total. The first-order valence-electron chi connectivity index (χ1n) is 5.58. The lowest BCUT2D eigenvalue weighted by molar-refractivity contribution is 0.414. The maximum absolute atomic E-state index is 6.29. The Morgan fingerprint density at radius 3 is 2.29 bits per heavy atom. The molecule has 0 aliphatic rings. The summed E-state index contributed by atoms with van der Waals surface area (Å²) >= 11 is 1.77. The molecule has 2 N–H and O–H groups in total. The predicted octanol–water partition coefficient (Wildman–Crippen LogP) is 3.42. The van der Waals surface area contributed by atoms with E-state index in [4.69, 9.17) is 10.5 Å². The van der Waals surface area contributed by atoms with Crippen molar-refractivity contribution in [1.29, 1.82) is 0 Å². The molecule has 0 fully saturated rings. The lowest BCUT2D eigenvalue weighted by Crippen LogP contribution is -2.11. The highest BCUT2D eigenvalue weighted by molar-refractivity contribution is 7.12. The maximum Gasteiger partial charge on any atom is 0.118 e. The normalized spacial score (nSPS) is 12.5. The summed E-state index contributed by atoms with van der Waals surface area (Å²) in [5, 5.41) is 0. The largest absolute Gasteiger partial charge is 0.497 e. The Bertz CT molecular complexity index is 501. The van der Waals surface area contributed by atoms with Gasteiger partial charge in [0.25, 0.3) is 0 Å². The van der Waals surface area contributed by atoms with Gasteiger partial charge < -0.3 is 10.5 Å². The van der Waals surface area contributed by atoms with Gasteiger partial charge in [-0.3, -0.25) is 0 Å². The molecule has 1 atom stereocenters. The summed E-state index contributed by atoms with van der Waals surface area (Å²) in [5.41, 5.74) is 8.69. The highest BCUT2D eigenvalue weighted by atomic mass is 32.1. The van der Waals surface area contributed by atoms with E-state index in [0.29, 0.717) is 0 Å². The summed E-state index contributed by atoms with van der Waals surface area (Å²) in [6, 6.07) is 10.1. The average molecular weight is 247 g/mol. The van der Waals surface area contributed by atoms with Crippen LogP contribution in [0.15, 0.2) is 30.3 Å². The molecule has 0 radical (unpaired) electrons. The number of aryl methyl sites for hydroxylation is 2. The number of rotatable bonds is 3. The van der Waals surface area contributed by atoms with Crippen LogP contribution < -0.4 is 10.5 Å². The zero-order valence-electron chi connectivity index (χ0n) is 10.4. The van der Waals surface area contributed by atoms with Gasteiger partial charge in [-0.05, 0) is 43.2 Å². The summed E-state index contributed by atoms with van der Waals surface area (Å²) in [5.74, 6) is 0.861. The third-order valence-electron chi connectivity index (χ3n) is 2.84. The van der Waals surface area contributed by atoms with Crippen LogP contribution in [-0.2, 0) is 0 Å². The fourth-order valence-electron chi connectivity index (χ4n) is 1.93. The zero-order chi connectivity index (χ0) is 12.4. The fourth-order valence-corrected chi connectivity index (χ4v) is 3.00. The number of nitrogens with two attached hydrogens (primary N) is 1. The first-order valence-corrected chi connectivity index (χ1v) is 6.40. The van der Waals surface area contributed by atoms with Crippen molar-refractivity contribution in [3.8, 4) is 5.75 Å². The van der Waals surface area contributed by atoms with Crippen LogP contribution in [0.1, 0.15) is 26.9 Å². The topological polar surface area (TPSA) is 35.2 Å². The first kappa shape index (κ1) is 12.1. The molecule has 2 rings (SSSR count). The Morgan fingerprint density at radius 2 is 1.82 bits per heavy atom. The molecule has 90 valence electrons. The second-order valence-corrected chi connectivity index (χ2v) is 5.44. The zero-order valence-corrected chi connectivity index (χ0v) is 11.2. The van der Waals surface area contributed by atoms with E-state index < -0.39 is 0 Å². The van der Waals surface area contributed by atoms with E-state index in [2.05, 4.69) is 19.9 Å². The van der Waals surface area contributed by atoms with Crippen molar-refractivity contribution < 1.29 is 4.74 Å². The lowest BCUT2D eigenvalue weighted by atomic mass is 10.0. The summed E-state index contributed by atoms with van der Waals surface area (Å²) in [6.45, 7) is 4.23. The molecule has 0 saturated carbocycles. The minimum absolute atomic E-state index is 0.0420. The first-order chi connectivity index (χ1) is 8.11. The SMILES string of the molecule is COc1ccc(C(N)c2sc(C)cc2C)cc1. The predicted molar refractivity (Wildman–Crippen MR) is 72.8 cm³/mol. The third kappa shape index (κ3) is 2.51. The van der Waals surface area contributed by atoms with Gasteiger partial charge in [-0.25, -0.2) is 0 Å². The van der Waals surface area contributed by atoms with Crippen molar-refractivity contribution in [2.45, 2.75) is 19.9 Å². The van der Waals surface area contributed by atoms with Crippen LogP contribution in [0.25, 0.3) is 0 Å². The molecule has 0 aliphatic heterocycles. The molecule has 0 saturated heterocycles. The van der Waals surface area contributed by atoms with Crippen molar-refractivity contribution in [3.05, 3.63) is 51.2 Å². The van der Waals surface area contributed by atoms with Crippen LogP contribution in [-0.4, -0.2) is 7.11 Å². The molecule has 1 heterocycles. The molecule has 17 heavy (non-hydrogen) atoms. The second kappa shape index (κ2) is 4.90. The minimum atomic E-state index is -0.0420. The number of methoxy groups -OCH3 is 1. The summed E-state index contributed by atoms with van der Waals surface area (Å²) < 4.78 is 5.14. The highest BCUT2D eigenvalue weighted by Gasteiger charge is 2.14. The Morgan fingerprint density at radius 1 is 1.18 bits per heavy atom. The molecule has 3 heteroatoms. The van der Waals surface area contributed by atoms with Gasteiger partial charge in [0.2, 0.25) is 0 Å². The highest BCUT2D eigenvalue weighted by Crippen LogP contribution is 2.30. The van der Waals surface area contributed by atoms with E-state index in [9.17, 15) is 0 Å². The average Bonchev–Trinajstić information content (AvgIpc) is 2.68. The van der Waals surface area contributed by atoms with E-state index in [-0.39, 0.29) is 6.04 Å². The van der Waals surface area contributed by atoms with E-state index in [1.54, 1.807) is 18.4 Å². The van der Waals surface area contributed by atoms with Crippen LogP contribution in [0.2, 0.25) is 0 Å². The third-order valence-corrected chi connectivity index (χ3v) is 4.07. The molecule has 0 spiro atoms. The van der Waals surface area contributed by atoms with Gasteiger partial charge in [-0.15, -0.1) is 11.3 Å². The smallest absolute Gasteiger partial charge is 0.118 e. The van der Waals surface area contributed by atoms with Crippen molar-refractivity contribution in [2.24, 2.45) is 5.73 Å². The Balaban J connectivity index is 2.30. The Labute approximate surface area is 106 Å². The minimum Gasteiger partial charge on any atom is -0.497 e. The molecular weight excluding hydrogens is 230 g/mol. The summed E-state index contributed by atoms with van der Waals surface area (Å²) in [7, 11) is 1.67. The van der Waals surface area contributed by atoms with E-state index >= 15 is 0 Å². The standard InChI is InChI=1S/C14H17NOS/c1-9-8-10(2)17-14(9)13(15)11-4-6-12(16-3)7-5-11/h4-8,13H,15H2,1-3H3. The number of hydrogen-bond acceptors (Lipinski definition) is 3. The van der Waals surface area contributed by atoms with Crippen molar-refractivity contribution >= 4 is 11.3 Å². The summed E-state index contributed by atoms with van der Waals surface area (Å²) in [4.78, 5) is 2.55. The van der Waals surface area contributed by atoms with Crippen LogP contribution in [0.3, 0.4) is 0 Å². The van der Waals surface area contributed by atoms with E-state index in [1.807, 2.05) is 24.3 Å². The Hall–Kier alpha value is -1.32. The molecule has 0 amide bonds. The second-order valence-electron chi connectivity index (χ2n) is 4.16. The molecule has 1 unspecified atom stereocenters. The van der Waals surface area contributed by atoms with Crippen LogP contribution in [0.5, 0.6) is 5.75 Å². The van der Waals surface area contributed by atoms with Crippen molar-refractivity contribution in [3.63, 3.8) is 0 Å². The maximum atomic E-state index is 6.29. The molecular formula is C14H17NOS. The number of hydrogen-bond donors (Lipinski definition) is 1. The van der Waals surface area contributed by atoms with Gasteiger partial charge in [-0.2, -0.15) is 0 Å². The van der Waals surface area contributed by atoms with E-state index in [0.717, 1.165) is 11.3 Å². The van der Waals surface area contributed by atoms with Crippen LogP contribution >= 0.6 is 11.3 Å².